The molecule has 0 fully saturated rings. The van der Waals surface area contributed by atoms with Crippen LogP contribution in [0.2, 0.25) is 0 Å². The summed E-state index contributed by atoms with van der Waals surface area (Å²) in [6, 6.07) is 13.5. The van der Waals surface area contributed by atoms with Gasteiger partial charge in [-0.3, -0.25) is 14.6 Å². The summed E-state index contributed by atoms with van der Waals surface area (Å²) in [7, 11) is 3.86. The van der Waals surface area contributed by atoms with Crippen molar-refractivity contribution in [3.8, 4) is 0 Å². The molecule has 0 saturated carbocycles. The Labute approximate surface area is 173 Å². The van der Waals surface area contributed by atoms with Gasteiger partial charge in [0.25, 0.3) is 5.91 Å². The minimum Gasteiger partial charge on any atom is -0.503 e. The van der Waals surface area contributed by atoms with Gasteiger partial charge in [0.15, 0.2) is 11.5 Å². The lowest BCUT2D eigenvalue weighted by Crippen LogP contribution is -2.30. The molecule has 4 rings (SSSR count). The van der Waals surface area contributed by atoms with E-state index < -0.39 is 23.5 Å². The molecule has 7 nitrogen and oxygen atoms in total. The molecule has 0 spiro atoms. The van der Waals surface area contributed by atoms with Crippen LogP contribution in [0.3, 0.4) is 0 Å². The lowest BCUT2D eigenvalue weighted by molar-refractivity contribution is -0.130. The summed E-state index contributed by atoms with van der Waals surface area (Å²) in [6.07, 6.45) is 4.66. The molecule has 0 saturated heterocycles. The van der Waals surface area contributed by atoms with Gasteiger partial charge >= 0.3 is 0 Å². The van der Waals surface area contributed by atoms with Crippen molar-refractivity contribution >= 4 is 17.4 Å². The largest absolute Gasteiger partial charge is 0.503 e. The van der Waals surface area contributed by atoms with Gasteiger partial charge < -0.3 is 19.3 Å². The maximum atomic E-state index is 13.1. The number of rotatable bonds is 6. The van der Waals surface area contributed by atoms with Crippen LogP contribution in [0.4, 0.5) is 5.69 Å². The molecule has 1 unspecified atom stereocenters. The first kappa shape index (κ1) is 19.4. The number of pyridine rings is 1. The van der Waals surface area contributed by atoms with Crippen LogP contribution in [0.1, 0.15) is 27.7 Å². The minimum atomic E-state index is -0.737. The number of aromatic nitrogens is 1. The molecule has 3 aromatic rings. The summed E-state index contributed by atoms with van der Waals surface area (Å²) in [5.41, 5.74) is 2.56. The molecule has 1 amide bonds. The highest BCUT2D eigenvalue weighted by Crippen LogP contribution is 2.40. The van der Waals surface area contributed by atoms with Crippen LogP contribution in [-0.4, -0.2) is 40.8 Å². The zero-order valence-corrected chi connectivity index (χ0v) is 16.6. The highest BCUT2D eigenvalue weighted by atomic mass is 16.3. The summed E-state index contributed by atoms with van der Waals surface area (Å²) in [5.74, 6) is -1.58. The minimum absolute atomic E-state index is 0.0154. The molecule has 0 radical (unpaired) electrons. The first-order valence-electron chi connectivity index (χ1n) is 9.46. The first-order valence-corrected chi connectivity index (χ1v) is 9.46. The van der Waals surface area contributed by atoms with E-state index in [4.69, 9.17) is 4.42 Å². The van der Waals surface area contributed by atoms with Gasteiger partial charge in [0.05, 0.1) is 17.9 Å². The Kier molecular flexibility index (Phi) is 5.10. The van der Waals surface area contributed by atoms with Crippen molar-refractivity contribution in [2.24, 2.45) is 0 Å². The van der Waals surface area contributed by atoms with E-state index >= 15 is 0 Å². The summed E-state index contributed by atoms with van der Waals surface area (Å²) in [5, 5.41) is 10.7. The number of hydrogen-bond acceptors (Lipinski definition) is 6. The molecule has 2 aromatic heterocycles. The molecule has 7 heteroatoms. The molecule has 0 aliphatic carbocycles. The van der Waals surface area contributed by atoms with Crippen LogP contribution in [0.25, 0.3) is 0 Å². The van der Waals surface area contributed by atoms with Crippen LogP contribution in [0, 0.1) is 0 Å². The third-order valence-corrected chi connectivity index (χ3v) is 5.12. The van der Waals surface area contributed by atoms with Gasteiger partial charge in [-0.2, -0.15) is 0 Å². The summed E-state index contributed by atoms with van der Waals surface area (Å²) in [6.45, 7) is 0.223. The van der Waals surface area contributed by atoms with E-state index in [1.807, 2.05) is 43.3 Å². The fourth-order valence-corrected chi connectivity index (χ4v) is 3.58. The number of aliphatic hydroxyl groups excluding tert-OH is 1. The van der Waals surface area contributed by atoms with Gasteiger partial charge in [0.2, 0.25) is 5.78 Å². The van der Waals surface area contributed by atoms with E-state index in [1.54, 1.807) is 30.6 Å². The highest BCUT2D eigenvalue weighted by Gasteiger charge is 2.44. The Morgan fingerprint density at radius 3 is 2.43 bits per heavy atom. The van der Waals surface area contributed by atoms with Crippen molar-refractivity contribution in [2.75, 3.05) is 19.0 Å². The number of nitrogens with zero attached hydrogens (tertiary/aromatic N) is 3. The van der Waals surface area contributed by atoms with Crippen LogP contribution in [0.15, 0.2) is 82.9 Å². The first-order chi connectivity index (χ1) is 14.5. The van der Waals surface area contributed by atoms with Gasteiger partial charge in [-0.15, -0.1) is 0 Å². The third-order valence-electron chi connectivity index (χ3n) is 5.12. The molecule has 30 heavy (non-hydrogen) atoms. The monoisotopic (exact) mass is 403 g/mol. The Bertz CT molecular complexity index is 1090. The molecule has 1 N–H and O–H groups in total. The molecular weight excluding hydrogens is 382 g/mol. The highest BCUT2D eigenvalue weighted by molar-refractivity contribution is 6.15. The second kappa shape index (κ2) is 7.87. The molecular formula is C23H21N3O4. The molecule has 3 heterocycles. The SMILES string of the molecule is CN(C)c1ccc(C2C(C(=O)c3ccco3)=C(O)C(=O)N2Cc2ccncc2)cc1. The van der Waals surface area contributed by atoms with Crippen LogP contribution >= 0.6 is 0 Å². The predicted octanol–water partition coefficient (Wildman–Crippen LogP) is 3.52. The normalized spacial score (nSPS) is 16.3. The number of hydrogen-bond donors (Lipinski definition) is 1. The van der Waals surface area contributed by atoms with Gasteiger partial charge in [-0.1, -0.05) is 12.1 Å². The van der Waals surface area contributed by atoms with E-state index in [2.05, 4.69) is 4.98 Å². The van der Waals surface area contributed by atoms with Crippen molar-refractivity contribution in [3.63, 3.8) is 0 Å². The number of amides is 1. The van der Waals surface area contributed by atoms with Crippen LogP contribution in [0.5, 0.6) is 0 Å². The smallest absolute Gasteiger partial charge is 0.290 e. The molecule has 0 bridgehead atoms. The van der Waals surface area contributed by atoms with Gasteiger partial charge in [-0.05, 0) is 47.5 Å². The maximum Gasteiger partial charge on any atom is 0.290 e. The average molecular weight is 403 g/mol. The van der Waals surface area contributed by atoms with Crippen molar-refractivity contribution in [2.45, 2.75) is 12.6 Å². The van der Waals surface area contributed by atoms with Crippen molar-refractivity contribution in [3.05, 3.63) is 95.4 Å². The Morgan fingerprint density at radius 1 is 1.13 bits per heavy atom. The van der Waals surface area contributed by atoms with E-state index in [-0.39, 0.29) is 17.9 Å². The fourth-order valence-electron chi connectivity index (χ4n) is 3.58. The molecule has 152 valence electrons. The number of carbonyl (C=O) groups is 2. The molecule has 1 aromatic carbocycles. The van der Waals surface area contributed by atoms with Gasteiger partial charge in [0.1, 0.15) is 0 Å². The molecule has 1 aliphatic rings. The number of aliphatic hydroxyl groups is 1. The lowest BCUT2D eigenvalue weighted by atomic mass is 9.94. The second-order valence-electron chi connectivity index (χ2n) is 7.25. The Hall–Kier alpha value is -3.87. The summed E-state index contributed by atoms with van der Waals surface area (Å²) >= 11 is 0. The number of anilines is 1. The summed E-state index contributed by atoms with van der Waals surface area (Å²) < 4.78 is 5.24. The zero-order chi connectivity index (χ0) is 21.3. The maximum absolute atomic E-state index is 13.1. The number of ketones is 1. The molecule has 1 aliphatic heterocycles. The lowest BCUT2D eigenvalue weighted by Gasteiger charge is -2.27. The summed E-state index contributed by atoms with van der Waals surface area (Å²) in [4.78, 5) is 33.5. The van der Waals surface area contributed by atoms with Crippen LogP contribution < -0.4 is 4.90 Å². The second-order valence-corrected chi connectivity index (χ2v) is 7.25. The standard InChI is InChI=1S/C23H21N3O4/c1-25(2)17-7-5-16(6-8-17)20-19(21(27)18-4-3-13-30-18)22(28)23(29)26(20)14-15-9-11-24-12-10-15/h3-13,20,28H,14H2,1-2H3. The van der Waals surface area contributed by atoms with Crippen LogP contribution in [-0.2, 0) is 11.3 Å². The average Bonchev–Trinajstić information content (AvgIpc) is 3.37. The van der Waals surface area contributed by atoms with Crippen molar-refractivity contribution < 1.29 is 19.1 Å². The number of benzene rings is 1. The van der Waals surface area contributed by atoms with Crippen molar-refractivity contribution in [1.82, 2.24) is 9.88 Å². The van der Waals surface area contributed by atoms with Crippen molar-refractivity contribution in [1.29, 1.82) is 0 Å². The third kappa shape index (κ3) is 3.45. The van der Waals surface area contributed by atoms with E-state index in [9.17, 15) is 14.7 Å². The number of furan rings is 1. The van der Waals surface area contributed by atoms with Gasteiger partial charge in [0, 0.05) is 38.7 Å². The predicted molar refractivity (Wildman–Crippen MR) is 111 cm³/mol. The number of carbonyl (C=O) groups excluding carboxylic acids is 2. The van der Waals surface area contributed by atoms with E-state index in [1.165, 1.54) is 17.2 Å². The Balaban J connectivity index is 1.78. The quantitative estimate of drug-likeness (QED) is 0.634. The topological polar surface area (TPSA) is 86.9 Å². The van der Waals surface area contributed by atoms with E-state index in [0.717, 1.165) is 16.8 Å². The Morgan fingerprint density at radius 2 is 1.83 bits per heavy atom. The number of Topliss-reactive ketones (excluding diaryl/α,β-unsaturated/α-hetero) is 1. The van der Waals surface area contributed by atoms with Gasteiger partial charge in [-0.25, -0.2) is 0 Å². The van der Waals surface area contributed by atoms with E-state index in [0.29, 0.717) is 0 Å². The fraction of sp³-hybridized carbons (Fsp3) is 0.174. The molecule has 1 atom stereocenters. The zero-order valence-electron chi connectivity index (χ0n) is 16.6.